The van der Waals surface area contributed by atoms with E-state index in [-0.39, 0.29) is 5.91 Å². The average molecular weight is 171 g/mol. The third-order valence-electron chi connectivity index (χ3n) is 1.53. The molecular weight excluding hydrogens is 154 g/mol. The van der Waals surface area contributed by atoms with E-state index in [1.165, 1.54) is 0 Å². The summed E-state index contributed by atoms with van der Waals surface area (Å²) < 4.78 is 4.88. The minimum Gasteiger partial charge on any atom is -0.385 e. The summed E-state index contributed by atoms with van der Waals surface area (Å²) in [5.74, 6) is 0.0496. The van der Waals surface area contributed by atoms with Gasteiger partial charge >= 0.3 is 0 Å². The van der Waals surface area contributed by atoms with Crippen molar-refractivity contribution in [1.82, 2.24) is 4.90 Å². The van der Waals surface area contributed by atoms with E-state index in [4.69, 9.17) is 4.74 Å². The van der Waals surface area contributed by atoms with Crippen molar-refractivity contribution in [3.63, 3.8) is 0 Å². The minimum atomic E-state index is 0.0496. The van der Waals surface area contributed by atoms with E-state index in [2.05, 4.69) is 0 Å². The number of hydrogen-bond donors (Lipinski definition) is 0. The predicted octanol–water partition coefficient (Wildman–Crippen LogP) is 1.06. The van der Waals surface area contributed by atoms with Gasteiger partial charge in [-0.15, -0.1) is 0 Å². The molecule has 0 aromatic heterocycles. The number of methoxy groups -OCH3 is 1. The smallest absolute Gasteiger partial charge is 0.245 e. The van der Waals surface area contributed by atoms with E-state index in [1.54, 1.807) is 31.2 Å². The highest BCUT2D eigenvalue weighted by Crippen LogP contribution is 1.90. The van der Waals surface area contributed by atoms with Crippen LogP contribution in [0.15, 0.2) is 12.2 Å². The van der Waals surface area contributed by atoms with E-state index >= 15 is 0 Å². The molecule has 0 bridgehead atoms. The normalized spacial score (nSPS) is 10.6. The number of carbonyl (C=O) groups is 1. The molecule has 12 heavy (non-hydrogen) atoms. The zero-order chi connectivity index (χ0) is 9.40. The van der Waals surface area contributed by atoms with Crippen molar-refractivity contribution in [2.24, 2.45) is 0 Å². The first-order valence-corrected chi connectivity index (χ1v) is 4.09. The second-order valence-corrected chi connectivity index (χ2v) is 2.61. The first kappa shape index (κ1) is 11.2. The van der Waals surface area contributed by atoms with Crippen LogP contribution in [0.2, 0.25) is 0 Å². The van der Waals surface area contributed by atoms with Crippen LogP contribution in [-0.2, 0) is 9.53 Å². The maximum Gasteiger partial charge on any atom is 0.245 e. The van der Waals surface area contributed by atoms with Gasteiger partial charge in [0.15, 0.2) is 0 Å². The van der Waals surface area contributed by atoms with Crippen LogP contribution in [0.1, 0.15) is 13.3 Å². The molecule has 3 nitrogen and oxygen atoms in total. The van der Waals surface area contributed by atoms with Crippen molar-refractivity contribution in [3.05, 3.63) is 12.2 Å². The van der Waals surface area contributed by atoms with E-state index < -0.39 is 0 Å². The summed E-state index contributed by atoms with van der Waals surface area (Å²) in [4.78, 5) is 12.8. The first-order chi connectivity index (χ1) is 5.72. The molecule has 0 N–H and O–H groups in total. The van der Waals surface area contributed by atoms with E-state index in [0.29, 0.717) is 6.61 Å². The summed E-state index contributed by atoms with van der Waals surface area (Å²) in [7, 11) is 3.45. The maximum absolute atomic E-state index is 11.1. The Balaban J connectivity index is 3.56. The van der Waals surface area contributed by atoms with Crippen molar-refractivity contribution in [2.75, 3.05) is 27.3 Å². The Morgan fingerprint density at radius 1 is 1.58 bits per heavy atom. The number of nitrogens with zero attached hydrogens (tertiary/aromatic N) is 1. The summed E-state index contributed by atoms with van der Waals surface area (Å²) in [6.45, 7) is 3.28. The van der Waals surface area contributed by atoms with Gasteiger partial charge in [0, 0.05) is 27.3 Å². The number of allylic oxidation sites excluding steroid dienone is 1. The lowest BCUT2D eigenvalue weighted by atomic mass is 10.4. The SMILES string of the molecule is CC=CC(=O)N(C)CCCOC. The standard InChI is InChI=1S/C9H17NO2/c1-4-6-9(11)10(2)7-5-8-12-3/h4,6H,5,7-8H2,1-3H3. The molecule has 0 aromatic rings. The molecule has 3 heteroatoms. The fourth-order valence-electron chi connectivity index (χ4n) is 0.826. The van der Waals surface area contributed by atoms with E-state index in [9.17, 15) is 4.79 Å². The Labute approximate surface area is 74.0 Å². The Morgan fingerprint density at radius 2 is 2.25 bits per heavy atom. The van der Waals surface area contributed by atoms with Gasteiger partial charge in [0.1, 0.15) is 0 Å². The lowest BCUT2D eigenvalue weighted by molar-refractivity contribution is -0.124. The van der Waals surface area contributed by atoms with Crippen LogP contribution in [0, 0.1) is 0 Å². The lowest BCUT2D eigenvalue weighted by Crippen LogP contribution is -2.26. The molecule has 70 valence electrons. The van der Waals surface area contributed by atoms with Gasteiger partial charge in [0.2, 0.25) is 5.91 Å². The average Bonchev–Trinajstić information content (AvgIpc) is 2.05. The Morgan fingerprint density at radius 3 is 2.75 bits per heavy atom. The van der Waals surface area contributed by atoms with E-state index in [0.717, 1.165) is 13.0 Å². The topological polar surface area (TPSA) is 29.5 Å². The van der Waals surface area contributed by atoms with Crippen LogP contribution in [0.3, 0.4) is 0 Å². The second kappa shape index (κ2) is 6.85. The van der Waals surface area contributed by atoms with Crippen molar-refractivity contribution in [1.29, 1.82) is 0 Å². The number of carbonyl (C=O) groups excluding carboxylic acids is 1. The van der Waals surface area contributed by atoms with Gasteiger partial charge in [-0.2, -0.15) is 0 Å². The summed E-state index contributed by atoms with van der Waals surface area (Å²) in [5.41, 5.74) is 0. The van der Waals surface area contributed by atoms with Gasteiger partial charge < -0.3 is 9.64 Å². The van der Waals surface area contributed by atoms with Gasteiger partial charge in [0.05, 0.1) is 0 Å². The Kier molecular flexibility index (Phi) is 6.38. The first-order valence-electron chi connectivity index (χ1n) is 4.09. The molecule has 0 aromatic carbocycles. The lowest BCUT2D eigenvalue weighted by Gasteiger charge is -2.14. The summed E-state index contributed by atoms with van der Waals surface area (Å²) in [6.07, 6.45) is 4.19. The van der Waals surface area contributed by atoms with Gasteiger partial charge in [-0.05, 0) is 19.4 Å². The molecule has 0 atom stereocenters. The fourth-order valence-corrected chi connectivity index (χ4v) is 0.826. The van der Waals surface area contributed by atoms with Gasteiger partial charge in [-0.1, -0.05) is 6.08 Å². The van der Waals surface area contributed by atoms with Crippen LogP contribution in [-0.4, -0.2) is 38.1 Å². The van der Waals surface area contributed by atoms with Crippen LogP contribution in [0.5, 0.6) is 0 Å². The van der Waals surface area contributed by atoms with Crippen molar-refractivity contribution < 1.29 is 9.53 Å². The Hall–Kier alpha value is -0.830. The number of rotatable bonds is 5. The molecule has 0 fully saturated rings. The molecule has 0 spiro atoms. The molecule has 0 aliphatic carbocycles. The van der Waals surface area contributed by atoms with Crippen LogP contribution >= 0.6 is 0 Å². The second-order valence-electron chi connectivity index (χ2n) is 2.61. The number of hydrogen-bond acceptors (Lipinski definition) is 2. The number of amides is 1. The van der Waals surface area contributed by atoms with E-state index in [1.807, 2.05) is 6.92 Å². The molecule has 0 aliphatic rings. The summed E-state index contributed by atoms with van der Waals surface area (Å²) in [5, 5.41) is 0. The van der Waals surface area contributed by atoms with Gasteiger partial charge in [-0.3, -0.25) is 4.79 Å². The fraction of sp³-hybridized carbons (Fsp3) is 0.667. The molecule has 0 rings (SSSR count). The van der Waals surface area contributed by atoms with Gasteiger partial charge in [0.25, 0.3) is 0 Å². The highest BCUT2D eigenvalue weighted by atomic mass is 16.5. The third-order valence-corrected chi connectivity index (χ3v) is 1.53. The molecule has 0 radical (unpaired) electrons. The van der Waals surface area contributed by atoms with Crippen molar-refractivity contribution in [2.45, 2.75) is 13.3 Å². The predicted molar refractivity (Wildman–Crippen MR) is 48.9 cm³/mol. The highest BCUT2D eigenvalue weighted by molar-refractivity contribution is 5.87. The number of likely N-dealkylation sites (N-methyl/N-ethyl adjacent to an activating group) is 1. The number of ether oxygens (including phenoxy) is 1. The van der Waals surface area contributed by atoms with Crippen LogP contribution < -0.4 is 0 Å². The largest absolute Gasteiger partial charge is 0.385 e. The van der Waals surface area contributed by atoms with Gasteiger partial charge in [-0.25, -0.2) is 0 Å². The quantitative estimate of drug-likeness (QED) is 0.457. The zero-order valence-electron chi connectivity index (χ0n) is 8.04. The van der Waals surface area contributed by atoms with Crippen LogP contribution in [0.4, 0.5) is 0 Å². The maximum atomic E-state index is 11.1. The summed E-state index contributed by atoms with van der Waals surface area (Å²) >= 11 is 0. The molecular formula is C9H17NO2. The minimum absolute atomic E-state index is 0.0496. The highest BCUT2D eigenvalue weighted by Gasteiger charge is 2.02. The summed E-state index contributed by atoms with van der Waals surface area (Å²) in [6, 6.07) is 0. The molecule has 0 saturated carbocycles. The van der Waals surface area contributed by atoms with Crippen LogP contribution in [0.25, 0.3) is 0 Å². The third kappa shape index (κ3) is 4.91. The Bertz CT molecular complexity index is 155. The molecule has 1 amide bonds. The molecule has 0 saturated heterocycles. The monoisotopic (exact) mass is 171 g/mol. The molecule has 0 heterocycles. The molecule has 0 unspecified atom stereocenters. The molecule has 0 aliphatic heterocycles. The zero-order valence-corrected chi connectivity index (χ0v) is 8.04. The van der Waals surface area contributed by atoms with Crippen molar-refractivity contribution >= 4 is 5.91 Å². The van der Waals surface area contributed by atoms with Crippen molar-refractivity contribution in [3.8, 4) is 0 Å².